The Balaban J connectivity index is 1.82. The van der Waals surface area contributed by atoms with Gasteiger partial charge in [-0.25, -0.2) is 4.39 Å². The fourth-order valence-electron chi connectivity index (χ4n) is 3.81. The lowest BCUT2D eigenvalue weighted by molar-refractivity contribution is -0.144. The van der Waals surface area contributed by atoms with Crippen molar-refractivity contribution in [1.82, 2.24) is 5.32 Å². The first-order chi connectivity index (χ1) is 15.8. The number of benzene rings is 2. The lowest BCUT2D eigenvalue weighted by Crippen LogP contribution is -2.34. The summed E-state index contributed by atoms with van der Waals surface area (Å²) in [6, 6.07) is 5.29. The molecule has 1 N–H and O–H groups in total. The number of amides is 1. The van der Waals surface area contributed by atoms with Crippen LogP contribution in [0.5, 0.6) is 0 Å². The molecule has 0 spiro atoms. The van der Waals surface area contributed by atoms with Crippen LogP contribution >= 0.6 is 0 Å². The van der Waals surface area contributed by atoms with Gasteiger partial charge < -0.3 is 10.1 Å². The zero-order valence-electron chi connectivity index (χ0n) is 17.5. The van der Waals surface area contributed by atoms with Crippen LogP contribution in [0.3, 0.4) is 0 Å². The van der Waals surface area contributed by atoms with E-state index < -0.39 is 64.6 Å². The monoisotopic (exact) mass is 489 g/mol. The maximum Gasteiger partial charge on any atom is 0.416 e. The fraction of sp³-hybridized carbons (Fsp3) is 0.304. The molecule has 0 unspecified atom stereocenters. The van der Waals surface area contributed by atoms with E-state index in [9.17, 15) is 40.3 Å². The molecule has 3 atom stereocenters. The Hall–Kier alpha value is -3.37. The van der Waals surface area contributed by atoms with Crippen molar-refractivity contribution in [1.29, 1.82) is 0 Å². The third-order valence-electron chi connectivity index (χ3n) is 5.41. The lowest BCUT2D eigenvalue weighted by Gasteiger charge is -2.22. The SMILES string of the molecule is COC(=O)[C@H](c1ccccc1F)[C@H]1C=C[C@H](NC(=O)c2cc(C(F)(F)F)cc(C(F)(F)F)c2)C1. The maximum absolute atomic E-state index is 14.3. The van der Waals surface area contributed by atoms with Crippen LogP contribution in [-0.4, -0.2) is 25.0 Å². The van der Waals surface area contributed by atoms with Crippen LogP contribution in [0, 0.1) is 11.7 Å². The number of carbonyl (C=O) groups excluding carboxylic acids is 2. The highest BCUT2D eigenvalue weighted by atomic mass is 19.4. The van der Waals surface area contributed by atoms with E-state index in [-0.39, 0.29) is 18.1 Å². The first kappa shape index (κ1) is 25.3. The molecule has 34 heavy (non-hydrogen) atoms. The summed E-state index contributed by atoms with van der Waals surface area (Å²) in [5.41, 5.74) is -3.99. The van der Waals surface area contributed by atoms with Crippen LogP contribution in [0.1, 0.15) is 39.4 Å². The number of methoxy groups -OCH3 is 1. The predicted molar refractivity (Wildman–Crippen MR) is 106 cm³/mol. The highest BCUT2D eigenvalue weighted by Gasteiger charge is 2.38. The first-order valence-corrected chi connectivity index (χ1v) is 9.92. The van der Waals surface area contributed by atoms with Gasteiger partial charge in [-0.2, -0.15) is 26.3 Å². The summed E-state index contributed by atoms with van der Waals surface area (Å²) < 4.78 is 97.4. The Labute approximate surface area is 189 Å². The molecule has 0 aromatic heterocycles. The average molecular weight is 489 g/mol. The summed E-state index contributed by atoms with van der Waals surface area (Å²) in [6.07, 6.45) is -7.18. The van der Waals surface area contributed by atoms with E-state index in [4.69, 9.17) is 4.74 Å². The van der Waals surface area contributed by atoms with E-state index in [1.165, 1.54) is 30.4 Å². The third kappa shape index (κ3) is 5.57. The third-order valence-corrected chi connectivity index (χ3v) is 5.41. The second-order valence-electron chi connectivity index (χ2n) is 7.68. The van der Waals surface area contributed by atoms with Gasteiger partial charge in [0, 0.05) is 17.2 Å². The Morgan fingerprint density at radius 2 is 1.56 bits per heavy atom. The van der Waals surface area contributed by atoms with Gasteiger partial charge in [0.1, 0.15) is 5.82 Å². The van der Waals surface area contributed by atoms with Crippen molar-refractivity contribution >= 4 is 11.9 Å². The number of halogens is 7. The van der Waals surface area contributed by atoms with Crippen molar-refractivity contribution in [3.63, 3.8) is 0 Å². The number of ether oxygens (including phenoxy) is 1. The number of esters is 1. The smallest absolute Gasteiger partial charge is 0.416 e. The summed E-state index contributed by atoms with van der Waals surface area (Å²) in [6.45, 7) is 0. The molecule has 2 aromatic carbocycles. The van der Waals surface area contributed by atoms with Gasteiger partial charge in [-0.3, -0.25) is 9.59 Å². The summed E-state index contributed by atoms with van der Waals surface area (Å²) in [4.78, 5) is 24.9. The Kier molecular flexibility index (Phi) is 7.04. The summed E-state index contributed by atoms with van der Waals surface area (Å²) >= 11 is 0. The van der Waals surface area contributed by atoms with Crippen LogP contribution < -0.4 is 5.32 Å². The van der Waals surface area contributed by atoms with Gasteiger partial charge in [-0.05, 0) is 36.6 Å². The van der Waals surface area contributed by atoms with Crippen molar-refractivity contribution in [2.24, 2.45) is 5.92 Å². The minimum Gasteiger partial charge on any atom is -0.469 e. The molecule has 1 amide bonds. The van der Waals surface area contributed by atoms with Crippen LogP contribution in [0.25, 0.3) is 0 Å². The fourth-order valence-corrected chi connectivity index (χ4v) is 3.81. The van der Waals surface area contributed by atoms with E-state index in [1.807, 2.05) is 0 Å². The van der Waals surface area contributed by atoms with E-state index in [1.54, 1.807) is 0 Å². The minimum absolute atomic E-state index is 0.0466. The number of hydrogen-bond acceptors (Lipinski definition) is 3. The van der Waals surface area contributed by atoms with Gasteiger partial charge in [-0.15, -0.1) is 0 Å². The molecule has 3 rings (SSSR count). The largest absolute Gasteiger partial charge is 0.469 e. The van der Waals surface area contributed by atoms with E-state index in [0.29, 0.717) is 12.1 Å². The molecule has 0 bridgehead atoms. The Morgan fingerprint density at radius 1 is 0.971 bits per heavy atom. The van der Waals surface area contributed by atoms with Gasteiger partial charge in [0.25, 0.3) is 5.91 Å². The second-order valence-corrected chi connectivity index (χ2v) is 7.68. The molecule has 182 valence electrons. The molecule has 0 radical (unpaired) electrons. The van der Waals surface area contributed by atoms with E-state index in [2.05, 4.69) is 5.32 Å². The van der Waals surface area contributed by atoms with Gasteiger partial charge in [-0.1, -0.05) is 30.4 Å². The average Bonchev–Trinajstić information content (AvgIpc) is 3.21. The second kappa shape index (κ2) is 9.47. The van der Waals surface area contributed by atoms with Gasteiger partial charge in [0.2, 0.25) is 0 Å². The molecule has 2 aromatic rings. The zero-order valence-corrected chi connectivity index (χ0v) is 17.5. The number of carbonyl (C=O) groups is 2. The topological polar surface area (TPSA) is 55.4 Å². The van der Waals surface area contributed by atoms with Crippen molar-refractivity contribution in [2.75, 3.05) is 7.11 Å². The molecule has 0 heterocycles. The molecule has 0 saturated carbocycles. The summed E-state index contributed by atoms with van der Waals surface area (Å²) in [5, 5.41) is 2.35. The van der Waals surface area contributed by atoms with Crippen LogP contribution in [0.4, 0.5) is 30.7 Å². The number of hydrogen-bond donors (Lipinski definition) is 1. The molecule has 1 aliphatic carbocycles. The quantitative estimate of drug-likeness (QED) is 0.343. The van der Waals surface area contributed by atoms with Crippen molar-refractivity contribution in [2.45, 2.75) is 30.7 Å². The van der Waals surface area contributed by atoms with E-state index in [0.717, 1.165) is 13.2 Å². The van der Waals surface area contributed by atoms with Gasteiger partial charge in [0.05, 0.1) is 24.2 Å². The molecule has 0 fully saturated rings. The highest BCUT2D eigenvalue weighted by molar-refractivity contribution is 5.95. The number of rotatable bonds is 5. The number of nitrogens with one attached hydrogen (secondary N) is 1. The molecular weight excluding hydrogens is 471 g/mol. The molecule has 11 heteroatoms. The summed E-state index contributed by atoms with van der Waals surface area (Å²) in [5.74, 6) is -4.24. The van der Waals surface area contributed by atoms with Crippen LogP contribution in [-0.2, 0) is 21.9 Å². The van der Waals surface area contributed by atoms with Crippen LogP contribution in [0.15, 0.2) is 54.6 Å². The van der Waals surface area contributed by atoms with Crippen molar-refractivity contribution in [3.8, 4) is 0 Å². The molecule has 4 nitrogen and oxygen atoms in total. The zero-order chi connectivity index (χ0) is 25.3. The van der Waals surface area contributed by atoms with E-state index >= 15 is 0 Å². The number of allylic oxidation sites excluding steroid dienone is 1. The number of alkyl halides is 6. The molecule has 0 saturated heterocycles. The van der Waals surface area contributed by atoms with Gasteiger partial charge in [0.15, 0.2) is 0 Å². The van der Waals surface area contributed by atoms with Gasteiger partial charge >= 0.3 is 18.3 Å². The minimum atomic E-state index is -5.10. The molecule has 1 aliphatic rings. The molecular formula is C23H18F7NO3. The van der Waals surface area contributed by atoms with Crippen molar-refractivity contribution < 1.29 is 45.1 Å². The highest BCUT2D eigenvalue weighted by Crippen LogP contribution is 2.37. The standard InChI is InChI=1S/C23H18F7NO3/c1-34-21(33)19(17-4-2-3-5-18(17)24)12-6-7-16(10-12)31-20(32)13-8-14(22(25,26)27)11-15(9-13)23(28,29)30/h2-9,11-12,16,19H,10H2,1H3,(H,31,32)/t12-,16-,19-/m0/s1. The molecule has 0 aliphatic heterocycles. The summed E-state index contributed by atoms with van der Waals surface area (Å²) in [7, 11) is 1.12. The first-order valence-electron chi connectivity index (χ1n) is 9.92. The normalized spacial score (nSPS) is 19.1. The lowest BCUT2D eigenvalue weighted by atomic mass is 9.85. The van der Waals surface area contributed by atoms with Crippen LogP contribution in [0.2, 0.25) is 0 Å². The predicted octanol–water partition coefficient (Wildman–Crippen LogP) is 5.49. The maximum atomic E-state index is 14.3. The van der Waals surface area contributed by atoms with Crippen molar-refractivity contribution in [3.05, 3.63) is 82.7 Å². The Morgan fingerprint density at radius 3 is 2.09 bits per heavy atom. The Bertz CT molecular complexity index is 1080.